The molecule has 0 aliphatic rings. The monoisotopic (exact) mass is 274 g/mol. The molecule has 0 spiro atoms. The molecule has 0 saturated heterocycles. The molecule has 2 nitrogen and oxygen atoms in total. The van der Waals surface area contributed by atoms with E-state index in [2.05, 4.69) is 39.4 Å². The molecule has 0 amide bonds. The number of aromatic nitrogens is 1. The van der Waals surface area contributed by atoms with Crippen LogP contribution in [0.4, 0.5) is 5.69 Å². The van der Waals surface area contributed by atoms with Crippen LogP contribution in [0.5, 0.6) is 0 Å². The Balaban J connectivity index is 2.35. The lowest BCUT2D eigenvalue weighted by molar-refractivity contribution is 0.853. The van der Waals surface area contributed by atoms with Crippen LogP contribution < -0.4 is 5.32 Å². The van der Waals surface area contributed by atoms with Gasteiger partial charge in [-0.15, -0.1) is 0 Å². The van der Waals surface area contributed by atoms with Crippen LogP contribution in [-0.4, -0.2) is 23.0 Å². The van der Waals surface area contributed by atoms with Crippen molar-refractivity contribution in [3.8, 4) is 0 Å². The summed E-state index contributed by atoms with van der Waals surface area (Å²) in [4.78, 5) is 4.01. The second kappa shape index (κ2) is 6.30. The maximum Gasteiger partial charge on any atom is 0.0590 e. The van der Waals surface area contributed by atoms with E-state index in [1.807, 2.05) is 17.8 Å². The van der Waals surface area contributed by atoms with Crippen LogP contribution in [0.3, 0.4) is 0 Å². The third-order valence-corrected chi connectivity index (χ3v) is 3.71. The van der Waals surface area contributed by atoms with Crippen LogP contribution in [0.2, 0.25) is 0 Å². The van der Waals surface area contributed by atoms with Crippen LogP contribution >= 0.6 is 27.7 Å². The summed E-state index contributed by atoms with van der Waals surface area (Å²) in [6.07, 6.45) is 6.92. The van der Waals surface area contributed by atoms with Gasteiger partial charge >= 0.3 is 0 Å². The maximum atomic E-state index is 4.01. The number of pyridine rings is 1. The van der Waals surface area contributed by atoms with Crippen molar-refractivity contribution in [2.75, 3.05) is 18.1 Å². The predicted molar refractivity (Wildman–Crippen MR) is 68.0 cm³/mol. The number of nitrogens with one attached hydrogen (secondary N) is 1. The van der Waals surface area contributed by atoms with Crippen molar-refractivity contribution in [1.29, 1.82) is 0 Å². The number of rotatable bonds is 5. The topological polar surface area (TPSA) is 24.9 Å². The number of hydrogen-bond acceptors (Lipinski definition) is 3. The van der Waals surface area contributed by atoms with E-state index in [1.165, 1.54) is 6.42 Å². The highest BCUT2D eigenvalue weighted by atomic mass is 79.9. The average Bonchev–Trinajstić information content (AvgIpc) is 2.20. The molecule has 0 aliphatic heterocycles. The summed E-state index contributed by atoms with van der Waals surface area (Å²) in [5.74, 6) is 0. The van der Waals surface area contributed by atoms with Gasteiger partial charge in [0, 0.05) is 24.2 Å². The molecule has 4 heteroatoms. The first-order chi connectivity index (χ1) is 6.74. The lowest BCUT2D eigenvalue weighted by Crippen LogP contribution is -2.08. The van der Waals surface area contributed by atoms with Gasteiger partial charge < -0.3 is 5.32 Å². The number of nitrogens with zero attached hydrogens (tertiary/aromatic N) is 1. The Bertz CT molecular complexity index is 281. The van der Waals surface area contributed by atoms with Gasteiger partial charge in [0.2, 0.25) is 0 Å². The molecule has 78 valence electrons. The van der Waals surface area contributed by atoms with Gasteiger partial charge in [0.15, 0.2) is 0 Å². The molecule has 0 aliphatic carbocycles. The third kappa shape index (κ3) is 3.88. The molecule has 1 aromatic rings. The number of halogens is 1. The molecule has 1 heterocycles. The van der Waals surface area contributed by atoms with Crippen LogP contribution in [0.15, 0.2) is 22.9 Å². The maximum absolute atomic E-state index is 4.01. The van der Waals surface area contributed by atoms with E-state index in [-0.39, 0.29) is 0 Å². The first-order valence-electron chi connectivity index (χ1n) is 4.60. The van der Waals surface area contributed by atoms with Gasteiger partial charge in [-0.1, -0.05) is 6.92 Å². The quantitative estimate of drug-likeness (QED) is 0.891. The van der Waals surface area contributed by atoms with Gasteiger partial charge in [-0.05, 0) is 34.7 Å². The Labute approximate surface area is 98.0 Å². The Hall–Kier alpha value is -0.220. The zero-order valence-electron chi connectivity index (χ0n) is 8.46. The average molecular weight is 275 g/mol. The van der Waals surface area contributed by atoms with Crippen molar-refractivity contribution in [3.05, 3.63) is 22.9 Å². The van der Waals surface area contributed by atoms with Crippen molar-refractivity contribution >= 4 is 33.4 Å². The van der Waals surface area contributed by atoms with Gasteiger partial charge in [0.1, 0.15) is 0 Å². The minimum absolute atomic E-state index is 0.711. The van der Waals surface area contributed by atoms with Crippen molar-refractivity contribution in [1.82, 2.24) is 4.98 Å². The van der Waals surface area contributed by atoms with E-state index >= 15 is 0 Å². The van der Waals surface area contributed by atoms with Gasteiger partial charge in [0.05, 0.1) is 10.2 Å². The fraction of sp³-hybridized carbons (Fsp3) is 0.500. The van der Waals surface area contributed by atoms with Crippen LogP contribution in [-0.2, 0) is 0 Å². The van der Waals surface area contributed by atoms with Gasteiger partial charge in [-0.3, -0.25) is 4.98 Å². The Morgan fingerprint density at radius 1 is 1.64 bits per heavy atom. The standard InChI is InChI=1S/C10H15BrN2S/c1-8(14-2)3-6-13-10-4-5-12-7-9(10)11/h4-5,7-8H,3,6H2,1-2H3,(H,12,13). The first kappa shape index (κ1) is 11.9. The summed E-state index contributed by atoms with van der Waals surface area (Å²) >= 11 is 5.35. The molecule has 0 radical (unpaired) electrons. The summed E-state index contributed by atoms with van der Waals surface area (Å²) in [6.45, 7) is 3.25. The van der Waals surface area contributed by atoms with Crippen LogP contribution in [0.1, 0.15) is 13.3 Å². The molecular weight excluding hydrogens is 260 g/mol. The zero-order chi connectivity index (χ0) is 10.4. The van der Waals surface area contributed by atoms with Crippen molar-refractivity contribution in [3.63, 3.8) is 0 Å². The molecule has 1 rings (SSSR count). The molecule has 14 heavy (non-hydrogen) atoms. The van der Waals surface area contributed by atoms with E-state index in [1.54, 1.807) is 12.4 Å². The minimum Gasteiger partial charge on any atom is -0.384 e. The normalized spacial score (nSPS) is 12.5. The second-order valence-corrected chi connectivity index (χ2v) is 5.25. The van der Waals surface area contributed by atoms with Gasteiger partial charge in [-0.25, -0.2) is 0 Å². The van der Waals surface area contributed by atoms with E-state index in [0.717, 1.165) is 16.7 Å². The number of anilines is 1. The lowest BCUT2D eigenvalue weighted by Gasteiger charge is -2.10. The Kier molecular flexibility index (Phi) is 5.33. The fourth-order valence-corrected chi connectivity index (χ4v) is 1.79. The molecule has 0 bridgehead atoms. The molecular formula is C10H15BrN2S. The van der Waals surface area contributed by atoms with Crippen LogP contribution in [0.25, 0.3) is 0 Å². The van der Waals surface area contributed by atoms with Crippen molar-refractivity contribution < 1.29 is 0 Å². The Morgan fingerprint density at radius 2 is 2.43 bits per heavy atom. The SMILES string of the molecule is CSC(C)CCNc1ccncc1Br. The molecule has 1 unspecified atom stereocenters. The molecule has 1 atom stereocenters. The van der Waals surface area contributed by atoms with Gasteiger partial charge in [-0.2, -0.15) is 11.8 Å². The first-order valence-corrected chi connectivity index (χ1v) is 6.68. The zero-order valence-corrected chi connectivity index (χ0v) is 10.9. The Morgan fingerprint density at radius 3 is 3.07 bits per heavy atom. The van der Waals surface area contributed by atoms with E-state index in [4.69, 9.17) is 0 Å². The lowest BCUT2D eigenvalue weighted by atomic mass is 10.3. The summed E-state index contributed by atoms with van der Waals surface area (Å²) in [5.41, 5.74) is 1.12. The minimum atomic E-state index is 0.711. The van der Waals surface area contributed by atoms with Crippen molar-refractivity contribution in [2.24, 2.45) is 0 Å². The van der Waals surface area contributed by atoms with E-state index in [9.17, 15) is 0 Å². The number of thioether (sulfide) groups is 1. The highest BCUT2D eigenvalue weighted by molar-refractivity contribution is 9.10. The summed E-state index contributed by atoms with van der Waals surface area (Å²) in [6, 6.07) is 1.98. The van der Waals surface area contributed by atoms with Crippen LogP contribution in [0, 0.1) is 0 Å². The van der Waals surface area contributed by atoms with E-state index < -0.39 is 0 Å². The summed E-state index contributed by atoms with van der Waals surface area (Å²) < 4.78 is 1.02. The summed E-state index contributed by atoms with van der Waals surface area (Å²) in [5, 5.41) is 4.09. The third-order valence-electron chi connectivity index (χ3n) is 2.04. The molecule has 0 saturated carbocycles. The molecule has 0 aromatic carbocycles. The second-order valence-electron chi connectivity index (χ2n) is 3.12. The highest BCUT2D eigenvalue weighted by Crippen LogP contribution is 2.20. The van der Waals surface area contributed by atoms with Crippen molar-refractivity contribution in [2.45, 2.75) is 18.6 Å². The molecule has 1 N–H and O–H groups in total. The summed E-state index contributed by atoms with van der Waals surface area (Å²) in [7, 11) is 0. The predicted octanol–water partition coefficient (Wildman–Crippen LogP) is 3.40. The smallest absolute Gasteiger partial charge is 0.0590 e. The van der Waals surface area contributed by atoms with Gasteiger partial charge in [0.25, 0.3) is 0 Å². The fourth-order valence-electron chi connectivity index (χ4n) is 1.05. The van der Waals surface area contributed by atoms with E-state index in [0.29, 0.717) is 5.25 Å². The number of hydrogen-bond donors (Lipinski definition) is 1. The highest BCUT2D eigenvalue weighted by Gasteiger charge is 2.00. The largest absolute Gasteiger partial charge is 0.384 e. The molecule has 0 fully saturated rings. The molecule has 1 aromatic heterocycles.